The maximum Gasteiger partial charge on any atom is 0.347 e. The van der Waals surface area contributed by atoms with Crippen LogP contribution >= 0.6 is 0 Å². The van der Waals surface area contributed by atoms with Crippen molar-refractivity contribution in [3.8, 4) is 5.88 Å². The van der Waals surface area contributed by atoms with E-state index < -0.39 is 0 Å². The number of piperazine rings is 1. The Balaban J connectivity index is 1.24. The minimum absolute atomic E-state index is 0.0534. The number of rotatable bonds is 6. The van der Waals surface area contributed by atoms with E-state index in [1.54, 1.807) is 23.2 Å². The van der Waals surface area contributed by atoms with Gasteiger partial charge >= 0.3 is 5.69 Å². The van der Waals surface area contributed by atoms with Crippen LogP contribution < -0.4 is 15.3 Å². The van der Waals surface area contributed by atoms with Crippen molar-refractivity contribution < 1.29 is 9.47 Å². The Bertz CT molecular complexity index is 1090. The average molecular weight is 422 g/mol. The molecule has 4 heterocycles. The van der Waals surface area contributed by atoms with Gasteiger partial charge in [-0.05, 0) is 24.3 Å². The zero-order valence-corrected chi connectivity index (χ0v) is 17.4. The van der Waals surface area contributed by atoms with Gasteiger partial charge in [-0.15, -0.1) is 0 Å². The van der Waals surface area contributed by atoms with Crippen LogP contribution in [0.15, 0.2) is 47.8 Å². The van der Waals surface area contributed by atoms with E-state index in [0.717, 1.165) is 62.3 Å². The molecule has 5 rings (SSSR count). The second-order valence-electron chi connectivity index (χ2n) is 7.91. The van der Waals surface area contributed by atoms with Crippen LogP contribution in [0.5, 0.6) is 5.88 Å². The van der Waals surface area contributed by atoms with E-state index in [0.29, 0.717) is 19.0 Å². The molecular weight excluding hydrogens is 396 g/mol. The third-order valence-corrected chi connectivity index (χ3v) is 5.93. The van der Waals surface area contributed by atoms with Crippen molar-refractivity contribution in [1.29, 1.82) is 0 Å². The van der Waals surface area contributed by atoms with Gasteiger partial charge in [-0.25, -0.2) is 19.7 Å². The molecule has 1 aromatic carbocycles. The van der Waals surface area contributed by atoms with E-state index in [2.05, 4.69) is 36.9 Å². The quantitative estimate of drug-likeness (QED) is 0.585. The number of ether oxygens (including phenoxy) is 2. The number of anilines is 1. The first-order valence-electron chi connectivity index (χ1n) is 10.7. The summed E-state index contributed by atoms with van der Waals surface area (Å²) in [5.41, 5.74) is 1.84. The van der Waals surface area contributed by atoms with E-state index in [1.165, 1.54) is 6.20 Å². The number of hydrogen-bond acceptors (Lipinski definition) is 8. The topological polar surface area (TPSA) is 85.6 Å². The second kappa shape index (κ2) is 8.99. The predicted octanol–water partition coefficient (Wildman–Crippen LogP) is 1.18. The van der Waals surface area contributed by atoms with Gasteiger partial charge in [-0.1, -0.05) is 0 Å². The zero-order chi connectivity index (χ0) is 21.0. The molecule has 0 saturated carbocycles. The molecular formula is C22H26N6O3. The molecule has 0 spiro atoms. The fourth-order valence-electron chi connectivity index (χ4n) is 4.11. The average Bonchev–Trinajstić information content (AvgIpc) is 3.32. The number of fused-ring (bicyclic) bond motifs is 1. The molecule has 2 aliphatic rings. The van der Waals surface area contributed by atoms with Gasteiger partial charge in [0.05, 0.1) is 24.1 Å². The van der Waals surface area contributed by atoms with Crippen molar-refractivity contribution in [3.63, 3.8) is 0 Å². The largest absolute Gasteiger partial charge is 0.471 e. The maximum atomic E-state index is 11.8. The minimum Gasteiger partial charge on any atom is -0.471 e. The first-order valence-corrected chi connectivity index (χ1v) is 10.7. The van der Waals surface area contributed by atoms with Crippen molar-refractivity contribution in [2.24, 2.45) is 0 Å². The molecule has 3 aromatic rings. The molecule has 1 atom stereocenters. The van der Waals surface area contributed by atoms with Crippen LogP contribution in [-0.4, -0.2) is 76.5 Å². The van der Waals surface area contributed by atoms with Crippen molar-refractivity contribution in [2.45, 2.75) is 19.1 Å². The number of nitrogens with zero attached hydrogens (tertiary/aromatic N) is 6. The highest BCUT2D eigenvalue weighted by atomic mass is 16.5. The Hall–Kier alpha value is -3.04. The Labute approximate surface area is 180 Å². The SMILES string of the molecule is O=c1ncccn1CCN1CCN(c2ccc3ncnc(OC4CCOC4)c3c2)CC1. The third-order valence-electron chi connectivity index (χ3n) is 5.93. The van der Waals surface area contributed by atoms with E-state index in [9.17, 15) is 4.79 Å². The maximum absolute atomic E-state index is 11.8. The minimum atomic E-state index is -0.193. The van der Waals surface area contributed by atoms with E-state index in [-0.39, 0.29) is 11.8 Å². The van der Waals surface area contributed by atoms with E-state index >= 15 is 0 Å². The first-order chi connectivity index (χ1) is 15.3. The van der Waals surface area contributed by atoms with E-state index in [1.807, 2.05) is 6.07 Å². The third kappa shape index (κ3) is 4.52. The lowest BCUT2D eigenvalue weighted by Crippen LogP contribution is -2.47. The lowest BCUT2D eigenvalue weighted by molar-refractivity contribution is 0.139. The molecule has 0 N–H and O–H groups in total. The Morgan fingerprint density at radius 2 is 2.00 bits per heavy atom. The molecule has 162 valence electrons. The number of benzene rings is 1. The lowest BCUT2D eigenvalue weighted by atomic mass is 10.2. The molecule has 1 unspecified atom stereocenters. The summed E-state index contributed by atoms with van der Waals surface area (Å²) in [6.45, 7) is 6.58. The van der Waals surface area contributed by atoms with Crippen LogP contribution in [0.2, 0.25) is 0 Å². The normalized spacial score (nSPS) is 19.7. The standard InChI is InChI=1S/C22H26N6O3/c29-22-23-5-1-6-28(22)12-9-26-7-10-27(11-8-26)17-2-3-20-19(14-17)21(25-16-24-20)31-18-4-13-30-15-18/h1-3,5-6,14,16,18H,4,7-13,15H2. The van der Waals surface area contributed by atoms with Crippen LogP contribution in [-0.2, 0) is 11.3 Å². The van der Waals surface area contributed by atoms with Crippen LogP contribution in [0.1, 0.15) is 6.42 Å². The van der Waals surface area contributed by atoms with Crippen molar-refractivity contribution in [3.05, 3.63) is 53.5 Å². The van der Waals surface area contributed by atoms with Gasteiger partial charge < -0.3 is 14.4 Å². The van der Waals surface area contributed by atoms with Crippen molar-refractivity contribution in [1.82, 2.24) is 24.4 Å². The van der Waals surface area contributed by atoms with Gasteiger partial charge in [0, 0.05) is 63.8 Å². The molecule has 2 fully saturated rings. The van der Waals surface area contributed by atoms with Crippen LogP contribution in [0, 0.1) is 0 Å². The van der Waals surface area contributed by atoms with Gasteiger partial charge in [-0.2, -0.15) is 0 Å². The van der Waals surface area contributed by atoms with Gasteiger partial charge in [0.2, 0.25) is 5.88 Å². The molecule has 0 aliphatic carbocycles. The Morgan fingerprint density at radius 1 is 1.10 bits per heavy atom. The smallest absolute Gasteiger partial charge is 0.347 e. The molecule has 2 saturated heterocycles. The zero-order valence-electron chi connectivity index (χ0n) is 17.4. The molecule has 9 nitrogen and oxygen atoms in total. The molecule has 2 aromatic heterocycles. The number of hydrogen-bond donors (Lipinski definition) is 0. The van der Waals surface area contributed by atoms with E-state index in [4.69, 9.17) is 9.47 Å². The molecule has 9 heteroatoms. The highest BCUT2D eigenvalue weighted by Gasteiger charge is 2.21. The van der Waals surface area contributed by atoms with Gasteiger partial charge in [0.25, 0.3) is 0 Å². The van der Waals surface area contributed by atoms with Gasteiger partial charge in [0.1, 0.15) is 12.4 Å². The summed E-state index contributed by atoms with van der Waals surface area (Å²) in [5.74, 6) is 0.628. The summed E-state index contributed by atoms with van der Waals surface area (Å²) in [7, 11) is 0. The van der Waals surface area contributed by atoms with Crippen LogP contribution in [0.4, 0.5) is 5.69 Å². The molecule has 0 amide bonds. The molecule has 31 heavy (non-hydrogen) atoms. The highest BCUT2D eigenvalue weighted by molar-refractivity contribution is 5.86. The number of aromatic nitrogens is 4. The second-order valence-corrected chi connectivity index (χ2v) is 7.91. The van der Waals surface area contributed by atoms with Crippen molar-refractivity contribution >= 4 is 16.6 Å². The Morgan fingerprint density at radius 3 is 2.81 bits per heavy atom. The summed E-state index contributed by atoms with van der Waals surface area (Å²) < 4.78 is 13.2. The predicted molar refractivity (Wildman–Crippen MR) is 117 cm³/mol. The summed E-state index contributed by atoms with van der Waals surface area (Å²) in [4.78, 5) is 29.1. The fourth-order valence-corrected chi connectivity index (χ4v) is 4.11. The van der Waals surface area contributed by atoms with Crippen LogP contribution in [0.3, 0.4) is 0 Å². The monoisotopic (exact) mass is 422 g/mol. The summed E-state index contributed by atoms with van der Waals surface area (Å²) in [6.07, 6.45) is 5.82. The first kappa shape index (κ1) is 19.9. The molecule has 2 aliphatic heterocycles. The molecule has 0 bridgehead atoms. The van der Waals surface area contributed by atoms with Gasteiger partial charge in [0.15, 0.2) is 0 Å². The van der Waals surface area contributed by atoms with Gasteiger partial charge in [-0.3, -0.25) is 9.47 Å². The van der Waals surface area contributed by atoms with Crippen LogP contribution in [0.25, 0.3) is 10.9 Å². The summed E-state index contributed by atoms with van der Waals surface area (Å²) in [5, 5.41) is 0.935. The Kier molecular flexibility index (Phi) is 5.77. The highest BCUT2D eigenvalue weighted by Crippen LogP contribution is 2.28. The van der Waals surface area contributed by atoms with Crippen molar-refractivity contribution in [2.75, 3.05) is 50.8 Å². The summed E-state index contributed by atoms with van der Waals surface area (Å²) >= 11 is 0. The fraction of sp³-hybridized carbons (Fsp3) is 0.455. The summed E-state index contributed by atoms with van der Waals surface area (Å²) in [6, 6.07) is 8.07. The molecule has 0 radical (unpaired) electrons. The lowest BCUT2D eigenvalue weighted by Gasteiger charge is -2.36.